The average Bonchev–Trinajstić information content (AvgIpc) is 2.58. The normalized spacial score (nSPS) is 22.5. The Kier molecular flexibility index (Phi) is 2.78. The number of hydrogen-bond acceptors (Lipinski definition) is 4. The van der Waals surface area contributed by atoms with Crippen LogP contribution in [0.3, 0.4) is 0 Å². The molecule has 1 aliphatic rings. The van der Waals surface area contributed by atoms with Crippen LogP contribution in [-0.2, 0) is 9.84 Å². The number of hydrogen-bond donors (Lipinski definition) is 2. The van der Waals surface area contributed by atoms with Crippen molar-refractivity contribution in [3.05, 3.63) is 33.7 Å². The van der Waals surface area contributed by atoms with E-state index < -0.39 is 32.2 Å². The lowest BCUT2D eigenvalue weighted by atomic mass is 10.1. The summed E-state index contributed by atoms with van der Waals surface area (Å²) in [7, 11) is -3.21. The van der Waals surface area contributed by atoms with Gasteiger partial charge in [0.05, 0.1) is 11.0 Å². The van der Waals surface area contributed by atoms with E-state index in [1.54, 1.807) is 0 Å². The molecule has 1 fully saturated rings. The minimum absolute atomic E-state index is 0.110. The third-order valence-corrected chi connectivity index (χ3v) is 5.09. The zero-order valence-electron chi connectivity index (χ0n) is 8.84. The van der Waals surface area contributed by atoms with E-state index in [9.17, 15) is 18.0 Å². The third-order valence-electron chi connectivity index (χ3n) is 2.86. The predicted molar refractivity (Wildman–Crippen MR) is 59.8 cm³/mol. The van der Waals surface area contributed by atoms with Crippen LogP contribution in [0.15, 0.2) is 17.1 Å². The largest absolute Gasteiger partial charge is 0.477 e. The molecular formula is C10H11NO5S. The first-order valence-corrected chi connectivity index (χ1v) is 6.81. The van der Waals surface area contributed by atoms with Crippen molar-refractivity contribution in [3.63, 3.8) is 0 Å². The first-order valence-electron chi connectivity index (χ1n) is 5.09. The molecule has 1 atom stereocenters. The van der Waals surface area contributed by atoms with E-state index in [2.05, 4.69) is 4.98 Å². The van der Waals surface area contributed by atoms with Crippen LogP contribution >= 0.6 is 0 Å². The predicted octanol–water partition coefficient (Wildman–Crippen LogP) is 0.323. The summed E-state index contributed by atoms with van der Waals surface area (Å²) in [4.78, 5) is 24.2. The second kappa shape index (κ2) is 3.99. The van der Waals surface area contributed by atoms with Gasteiger partial charge in [-0.2, -0.15) is 0 Å². The number of aromatic carboxylic acids is 1. The highest BCUT2D eigenvalue weighted by molar-refractivity contribution is 7.91. The summed E-state index contributed by atoms with van der Waals surface area (Å²) in [6.45, 7) is 0. The van der Waals surface area contributed by atoms with Crippen LogP contribution < -0.4 is 5.56 Å². The van der Waals surface area contributed by atoms with E-state index in [0.29, 0.717) is 18.4 Å². The lowest BCUT2D eigenvalue weighted by Crippen LogP contribution is -2.19. The van der Waals surface area contributed by atoms with Gasteiger partial charge in [-0.25, -0.2) is 13.2 Å². The molecule has 0 aliphatic carbocycles. The highest BCUT2D eigenvalue weighted by Crippen LogP contribution is 2.33. The van der Waals surface area contributed by atoms with Crippen molar-refractivity contribution in [2.45, 2.75) is 18.1 Å². The Morgan fingerprint density at radius 3 is 2.71 bits per heavy atom. The number of carboxylic acid groups (broad SMARTS) is 1. The molecule has 0 amide bonds. The molecule has 1 saturated heterocycles. The number of aromatic nitrogens is 1. The smallest absolute Gasteiger partial charge is 0.341 e. The Hall–Kier alpha value is -1.63. The summed E-state index contributed by atoms with van der Waals surface area (Å²) in [5, 5.41) is 8.10. The minimum Gasteiger partial charge on any atom is -0.477 e. The Labute approximate surface area is 97.2 Å². The summed E-state index contributed by atoms with van der Waals surface area (Å²) in [6, 6.07) is 1.15. The number of aromatic amines is 1. The molecular weight excluding hydrogens is 246 g/mol. The standard InChI is InChI=1S/C10H11NO5S/c12-9-7(10(13)14)4-6(5-11-9)8-2-1-3-17(8,15)16/h4-5,8H,1-3H2,(H,11,12)(H,13,14). The zero-order chi connectivity index (χ0) is 12.6. The average molecular weight is 257 g/mol. The number of nitrogens with one attached hydrogen (secondary N) is 1. The molecule has 7 heteroatoms. The Morgan fingerprint density at radius 2 is 2.18 bits per heavy atom. The monoisotopic (exact) mass is 257 g/mol. The van der Waals surface area contributed by atoms with Gasteiger partial charge in [-0.1, -0.05) is 0 Å². The van der Waals surface area contributed by atoms with E-state index in [4.69, 9.17) is 5.11 Å². The van der Waals surface area contributed by atoms with E-state index in [1.807, 2.05) is 0 Å². The minimum atomic E-state index is -3.21. The molecule has 0 spiro atoms. The number of sulfone groups is 1. The fraction of sp³-hybridized carbons (Fsp3) is 0.400. The number of rotatable bonds is 2. The van der Waals surface area contributed by atoms with Crippen molar-refractivity contribution in [1.29, 1.82) is 0 Å². The van der Waals surface area contributed by atoms with Gasteiger partial charge in [-0.05, 0) is 24.5 Å². The molecule has 1 aromatic heterocycles. The van der Waals surface area contributed by atoms with E-state index in [-0.39, 0.29) is 5.75 Å². The third kappa shape index (κ3) is 2.10. The molecule has 0 bridgehead atoms. The van der Waals surface area contributed by atoms with Crippen LogP contribution in [0.1, 0.15) is 34.0 Å². The molecule has 17 heavy (non-hydrogen) atoms. The molecule has 92 valence electrons. The fourth-order valence-electron chi connectivity index (χ4n) is 2.01. The van der Waals surface area contributed by atoms with Crippen molar-refractivity contribution in [2.24, 2.45) is 0 Å². The van der Waals surface area contributed by atoms with Crippen LogP contribution in [-0.4, -0.2) is 30.2 Å². The molecule has 0 radical (unpaired) electrons. The maximum atomic E-state index is 11.7. The summed E-state index contributed by atoms with van der Waals surface area (Å²) >= 11 is 0. The van der Waals surface area contributed by atoms with Gasteiger partial charge >= 0.3 is 5.97 Å². The van der Waals surface area contributed by atoms with Gasteiger partial charge < -0.3 is 10.1 Å². The molecule has 6 nitrogen and oxygen atoms in total. The Bertz CT molecular complexity index is 616. The highest BCUT2D eigenvalue weighted by Gasteiger charge is 2.33. The fourth-order valence-corrected chi connectivity index (χ4v) is 3.94. The van der Waals surface area contributed by atoms with Gasteiger partial charge in [0.1, 0.15) is 5.56 Å². The summed E-state index contributed by atoms with van der Waals surface area (Å²) in [5.74, 6) is -1.25. The van der Waals surface area contributed by atoms with Crippen LogP contribution in [0.25, 0.3) is 0 Å². The number of H-pyrrole nitrogens is 1. The topological polar surface area (TPSA) is 104 Å². The van der Waals surface area contributed by atoms with Gasteiger partial charge in [0.2, 0.25) is 0 Å². The quantitative estimate of drug-likeness (QED) is 0.794. The van der Waals surface area contributed by atoms with Crippen LogP contribution in [0.5, 0.6) is 0 Å². The van der Waals surface area contributed by atoms with Crippen molar-refractivity contribution < 1.29 is 18.3 Å². The molecule has 0 aromatic carbocycles. The Balaban J connectivity index is 2.51. The van der Waals surface area contributed by atoms with Gasteiger partial charge in [-0.15, -0.1) is 0 Å². The first kappa shape index (κ1) is 11.8. The highest BCUT2D eigenvalue weighted by atomic mass is 32.2. The van der Waals surface area contributed by atoms with Gasteiger partial charge in [0, 0.05) is 6.20 Å². The van der Waals surface area contributed by atoms with E-state index in [0.717, 1.165) is 6.07 Å². The van der Waals surface area contributed by atoms with Crippen LogP contribution in [0, 0.1) is 0 Å². The summed E-state index contributed by atoms with van der Waals surface area (Å²) < 4.78 is 23.4. The zero-order valence-corrected chi connectivity index (χ0v) is 9.66. The number of pyridine rings is 1. The first-order chi connectivity index (χ1) is 7.92. The van der Waals surface area contributed by atoms with Crippen LogP contribution in [0.2, 0.25) is 0 Å². The van der Waals surface area contributed by atoms with E-state index >= 15 is 0 Å². The van der Waals surface area contributed by atoms with Gasteiger partial charge in [-0.3, -0.25) is 4.79 Å². The maximum Gasteiger partial charge on any atom is 0.341 e. The molecule has 0 saturated carbocycles. The van der Waals surface area contributed by atoms with Crippen molar-refractivity contribution in [2.75, 3.05) is 5.75 Å². The number of carboxylic acids is 1. The second-order valence-electron chi connectivity index (χ2n) is 3.98. The molecule has 2 heterocycles. The van der Waals surface area contributed by atoms with Crippen molar-refractivity contribution in [3.8, 4) is 0 Å². The number of carbonyl (C=O) groups is 1. The van der Waals surface area contributed by atoms with Gasteiger partial charge in [0.25, 0.3) is 5.56 Å². The maximum absolute atomic E-state index is 11.7. The molecule has 1 aliphatic heterocycles. The van der Waals surface area contributed by atoms with Crippen LogP contribution in [0.4, 0.5) is 0 Å². The second-order valence-corrected chi connectivity index (χ2v) is 6.28. The van der Waals surface area contributed by atoms with E-state index in [1.165, 1.54) is 6.20 Å². The molecule has 1 unspecified atom stereocenters. The molecule has 2 N–H and O–H groups in total. The molecule has 2 rings (SSSR count). The lowest BCUT2D eigenvalue weighted by Gasteiger charge is -2.09. The van der Waals surface area contributed by atoms with Crippen molar-refractivity contribution in [1.82, 2.24) is 4.98 Å². The summed E-state index contributed by atoms with van der Waals surface area (Å²) in [5.41, 5.74) is -0.805. The van der Waals surface area contributed by atoms with Gasteiger partial charge in [0.15, 0.2) is 9.84 Å². The SMILES string of the molecule is O=C(O)c1cc(C2CCCS2(=O)=O)c[nH]c1=O. The van der Waals surface area contributed by atoms with Crippen molar-refractivity contribution >= 4 is 15.8 Å². The lowest BCUT2D eigenvalue weighted by molar-refractivity contribution is 0.0694. The Morgan fingerprint density at radius 1 is 1.47 bits per heavy atom. The summed E-state index contributed by atoms with van der Waals surface area (Å²) in [6.07, 6.45) is 2.31. The molecule has 1 aromatic rings.